The van der Waals surface area contributed by atoms with Crippen molar-refractivity contribution in [2.75, 3.05) is 19.0 Å². The molecule has 0 aliphatic carbocycles. The molecule has 2 rings (SSSR count). The Kier molecular flexibility index (Phi) is 5.98. The monoisotopic (exact) mass is 371 g/mol. The number of hydrogen-bond acceptors (Lipinski definition) is 5. The van der Waals surface area contributed by atoms with Crippen LogP contribution in [0.4, 0.5) is 18.9 Å². The highest BCUT2D eigenvalue weighted by molar-refractivity contribution is 6.07. The lowest BCUT2D eigenvalue weighted by Crippen LogP contribution is -2.17. The molecule has 1 amide bonds. The van der Waals surface area contributed by atoms with Crippen LogP contribution in [-0.2, 0) is 23.1 Å². The first-order valence-corrected chi connectivity index (χ1v) is 7.36. The van der Waals surface area contributed by atoms with Crippen LogP contribution in [0.1, 0.15) is 26.4 Å². The Labute approximate surface area is 146 Å². The van der Waals surface area contributed by atoms with Gasteiger partial charge < -0.3 is 14.8 Å². The fourth-order valence-electron chi connectivity index (χ4n) is 2.11. The quantitative estimate of drug-likeness (QED) is 0.789. The van der Waals surface area contributed by atoms with Crippen LogP contribution < -0.4 is 5.32 Å². The average Bonchev–Trinajstić information content (AvgIpc) is 2.93. The van der Waals surface area contributed by atoms with Crippen LogP contribution in [0, 0.1) is 0 Å². The average molecular weight is 371 g/mol. The molecule has 0 aliphatic heterocycles. The van der Waals surface area contributed by atoms with Crippen LogP contribution in [0.2, 0.25) is 0 Å². The number of aromatic nitrogens is 2. The van der Waals surface area contributed by atoms with Gasteiger partial charge in [0.15, 0.2) is 5.69 Å². The summed E-state index contributed by atoms with van der Waals surface area (Å²) in [5.74, 6) is -1.27. The van der Waals surface area contributed by atoms with Gasteiger partial charge in [-0.1, -0.05) is 12.1 Å². The molecule has 10 heteroatoms. The van der Waals surface area contributed by atoms with Gasteiger partial charge in [0.2, 0.25) is 0 Å². The second-order valence-corrected chi connectivity index (χ2v) is 5.32. The Morgan fingerprint density at radius 1 is 1.31 bits per heavy atom. The third-order valence-corrected chi connectivity index (χ3v) is 3.18. The smallest absolute Gasteiger partial charge is 0.411 e. The molecule has 1 aromatic carbocycles. The van der Waals surface area contributed by atoms with Crippen LogP contribution in [0.3, 0.4) is 0 Å². The molecule has 0 radical (unpaired) electrons. The maximum Gasteiger partial charge on any atom is 0.411 e. The minimum absolute atomic E-state index is 0.0620. The first-order valence-electron chi connectivity index (χ1n) is 7.36. The molecule has 1 aromatic heterocycles. The lowest BCUT2D eigenvalue weighted by molar-refractivity contribution is -0.176. The number of carbonyl (C=O) groups excluding carboxylic acids is 2. The predicted octanol–water partition coefficient (Wildman–Crippen LogP) is 2.54. The van der Waals surface area contributed by atoms with Crippen molar-refractivity contribution in [3.8, 4) is 0 Å². The Morgan fingerprint density at radius 3 is 2.69 bits per heavy atom. The molecule has 0 unspecified atom stereocenters. The third-order valence-electron chi connectivity index (χ3n) is 3.18. The number of halogens is 3. The fraction of sp³-hybridized carbons (Fsp3) is 0.312. The van der Waals surface area contributed by atoms with E-state index >= 15 is 0 Å². The van der Waals surface area contributed by atoms with Gasteiger partial charge in [-0.25, -0.2) is 4.79 Å². The summed E-state index contributed by atoms with van der Waals surface area (Å²) >= 11 is 0. The summed E-state index contributed by atoms with van der Waals surface area (Å²) < 4.78 is 46.8. The van der Waals surface area contributed by atoms with E-state index in [1.54, 1.807) is 7.05 Å². The van der Waals surface area contributed by atoms with Crippen molar-refractivity contribution in [2.24, 2.45) is 7.05 Å². The second kappa shape index (κ2) is 8.00. The van der Waals surface area contributed by atoms with Gasteiger partial charge in [0.05, 0.1) is 19.4 Å². The number of ether oxygens (including phenoxy) is 2. The number of carbonyl (C=O) groups is 2. The number of alkyl halides is 3. The first-order chi connectivity index (χ1) is 12.2. The molecule has 2 aromatic rings. The molecule has 0 saturated heterocycles. The summed E-state index contributed by atoms with van der Waals surface area (Å²) in [6.45, 7) is -1.66. The number of aryl methyl sites for hydroxylation is 1. The highest BCUT2D eigenvalue weighted by atomic mass is 19.4. The number of benzene rings is 1. The number of esters is 1. The zero-order valence-corrected chi connectivity index (χ0v) is 14.0. The molecule has 0 fully saturated rings. The molecule has 140 valence electrons. The van der Waals surface area contributed by atoms with Gasteiger partial charge >= 0.3 is 12.1 Å². The summed E-state index contributed by atoms with van der Waals surface area (Å²) in [5.41, 5.74) is 0.690. The van der Waals surface area contributed by atoms with Gasteiger partial charge in [0.1, 0.15) is 6.61 Å². The number of methoxy groups -OCH3 is 1. The van der Waals surface area contributed by atoms with E-state index in [1.165, 1.54) is 42.3 Å². The number of nitrogens with zero attached hydrogens (tertiary/aromatic N) is 2. The largest absolute Gasteiger partial charge is 0.464 e. The molecular formula is C16H16F3N3O4. The fourth-order valence-corrected chi connectivity index (χ4v) is 2.11. The van der Waals surface area contributed by atoms with E-state index < -0.39 is 24.7 Å². The zero-order valence-electron chi connectivity index (χ0n) is 14.0. The van der Waals surface area contributed by atoms with Crippen LogP contribution in [0.5, 0.6) is 0 Å². The molecule has 0 spiro atoms. The lowest BCUT2D eigenvalue weighted by Gasteiger charge is -2.09. The van der Waals surface area contributed by atoms with Crippen LogP contribution in [-0.4, -0.2) is 41.5 Å². The van der Waals surface area contributed by atoms with Gasteiger partial charge in [-0.2, -0.15) is 18.3 Å². The molecule has 7 nitrogen and oxygen atoms in total. The van der Waals surface area contributed by atoms with E-state index in [1.807, 2.05) is 0 Å². The van der Waals surface area contributed by atoms with Crippen LogP contribution in [0.25, 0.3) is 0 Å². The molecule has 1 N–H and O–H groups in total. The van der Waals surface area contributed by atoms with E-state index in [-0.39, 0.29) is 23.6 Å². The van der Waals surface area contributed by atoms with Crippen LogP contribution >= 0.6 is 0 Å². The molecule has 0 aliphatic rings. The molecular weight excluding hydrogens is 355 g/mol. The SMILES string of the molecule is COC(=O)c1nn(C)cc1NC(=O)c1cccc(COCC(F)(F)F)c1. The van der Waals surface area contributed by atoms with Gasteiger partial charge in [-0.3, -0.25) is 9.48 Å². The second-order valence-electron chi connectivity index (χ2n) is 5.32. The van der Waals surface area contributed by atoms with E-state index in [9.17, 15) is 22.8 Å². The van der Waals surface area contributed by atoms with Gasteiger partial charge in [0, 0.05) is 18.8 Å². The summed E-state index contributed by atoms with van der Waals surface area (Å²) in [6.07, 6.45) is -2.99. The maximum absolute atomic E-state index is 12.4. The zero-order chi connectivity index (χ0) is 19.3. The molecule has 0 atom stereocenters. The summed E-state index contributed by atoms with van der Waals surface area (Å²) in [6, 6.07) is 5.94. The van der Waals surface area contributed by atoms with Crippen molar-refractivity contribution in [2.45, 2.75) is 12.8 Å². The lowest BCUT2D eigenvalue weighted by atomic mass is 10.1. The molecule has 0 bridgehead atoms. The molecule has 1 heterocycles. The van der Waals surface area contributed by atoms with Crippen LogP contribution in [0.15, 0.2) is 30.5 Å². The van der Waals surface area contributed by atoms with Crippen molar-refractivity contribution in [1.82, 2.24) is 9.78 Å². The van der Waals surface area contributed by atoms with E-state index in [0.29, 0.717) is 5.56 Å². The number of nitrogens with one attached hydrogen (secondary N) is 1. The van der Waals surface area contributed by atoms with Gasteiger partial charge in [-0.15, -0.1) is 0 Å². The first kappa shape index (κ1) is 19.4. The third kappa shape index (κ3) is 5.31. The van der Waals surface area contributed by atoms with Gasteiger partial charge in [0.25, 0.3) is 5.91 Å². The number of rotatable bonds is 6. The van der Waals surface area contributed by atoms with Crippen molar-refractivity contribution in [3.63, 3.8) is 0 Å². The van der Waals surface area contributed by atoms with E-state index in [2.05, 4.69) is 19.9 Å². The highest BCUT2D eigenvalue weighted by Crippen LogP contribution is 2.18. The van der Waals surface area contributed by atoms with Crippen molar-refractivity contribution < 1.29 is 32.2 Å². The maximum atomic E-state index is 12.4. The Hall–Kier alpha value is -2.88. The summed E-state index contributed by atoms with van der Waals surface area (Å²) in [4.78, 5) is 24.0. The standard InChI is InChI=1S/C16H16F3N3O4/c1-22-7-12(13(21-22)15(24)25-2)20-14(23)11-5-3-4-10(6-11)8-26-9-16(17,18)19/h3-7H,8-9H2,1-2H3,(H,20,23). The Balaban J connectivity index is 2.09. The van der Waals surface area contributed by atoms with Crippen molar-refractivity contribution >= 4 is 17.6 Å². The van der Waals surface area contributed by atoms with E-state index in [4.69, 9.17) is 0 Å². The van der Waals surface area contributed by atoms with E-state index in [0.717, 1.165) is 0 Å². The predicted molar refractivity (Wildman–Crippen MR) is 84.7 cm³/mol. The van der Waals surface area contributed by atoms with Gasteiger partial charge in [-0.05, 0) is 17.7 Å². The number of hydrogen-bond donors (Lipinski definition) is 1. The summed E-state index contributed by atoms with van der Waals surface area (Å²) in [5, 5.41) is 6.44. The Bertz CT molecular complexity index is 802. The molecule has 0 saturated carbocycles. The summed E-state index contributed by atoms with van der Waals surface area (Å²) in [7, 11) is 2.76. The molecule has 26 heavy (non-hydrogen) atoms. The number of anilines is 1. The van der Waals surface area contributed by atoms with Crippen molar-refractivity contribution in [3.05, 3.63) is 47.3 Å². The number of amides is 1. The normalized spacial score (nSPS) is 11.3. The highest BCUT2D eigenvalue weighted by Gasteiger charge is 2.27. The van der Waals surface area contributed by atoms with Crippen molar-refractivity contribution in [1.29, 1.82) is 0 Å². The topological polar surface area (TPSA) is 82.5 Å². The minimum Gasteiger partial charge on any atom is -0.464 e. The Morgan fingerprint density at radius 2 is 2.04 bits per heavy atom. The minimum atomic E-state index is -4.42.